The Balaban J connectivity index is 2.50. The zero-order chi connectivity index (χ0) is 12.0. The summed E-state index contributed by atoms with van der Waals surface area (Å²) in [5.41, 5.74) is 0.0544. The van der Waals surface area contributed by atoms with E-state index < -0.39 is 11.7 Å². The van der Waals surface area contributed by atoms with E-state index in [1.54, 1.807) is 12.1 Å². The van der Waals surface area contributed by atoms with E-state index >= 15 is 0 Å². The number of benzene rings is 1. The number of rotatable bonds is 5. The van der Waals surface area contributed by atoms with Crippen molar-refractivity contribution < 1.29 is 14.3 Å². The first kappa shape index (κ1) is 12.6. The van der Waals surface area contributed by atoms with Gasteiger partial charge in [0.2, 0.25) is 0 Å². The molecule has 4 heteroatoms. The van der Waals surface area contributed by atoms with Crippen molar-refractivity contribution in [1.82, 2.24) is 5.32 Å². The summed E-state index contributed by atoms with van der Waals surface area (Å²) in [7, 11) is 0. The topological polar surface area (TPSA) is 49.3 Å². The van der Waals surface area contributed by atoms with Gasteiger partial charge in [-0.1, -0.05) is 19.1 Å². The highest BCUT2D eigenvalue weighted by Crippen LogP contribution is 2.06. The fraction of sp³-hybridized carbons (Fsp3) is 0.417. The first-order valence-electron chi connectivity index (χ1n) is 5.28. The highest BCUT2D eigenvalue weighted by molar-refractivity contribution is 5.94. The summed E-state index contributed by atoms with van der Waals surface area (Å²) >= 11 is 0. The molecule has 1 amide bonds. The number of halogens is 1. The molecule has 0 radical (unpaired) electrons. The molecule has 0 aromatic heterocycles. The molecule has 1 atom stereocenters. The standard InChI is InChI=1S/C12H16FNO2/c1-9(6-7-15)8-14-12(16)10-4-2-3-5-11(10)13/h2-5,9,15H,6-8H2,1H3,(H,14,16). The highest BCUT2D eigenvalue weighted by atomic mass is 19.1. The second-order valence-electron chi connectivity index (χ2n) is 3.81. The molecule has 0 aliphatic carbocycles. The summed E-state index contributed by atoms with van der Waals surface area (Å²) in [6.07, 6.45) is 0.623. The molecule has 0 saturated carbocycles. The highest BCUT2D eigenvalue weighted by Gasteiger charge is 2.11. The number of carbonyl (C=O) groups is 1. The first-order chi connectivity index (χ1) is 7.65. The molecule has 0 fully saturated rings. The minimum atomic E-state index is -0.519. The number of aliphatic hydroxyl groups is 1. The van der Waals surface area contributed by atoms with Crippen molar-refractivity contribution in [3.63, 3.8) is 0 Å². The van der Waals surface area contributed by atoms with Crippen LogP contribution in [0.1, 0.15) is 23.7 Å². The Hall–Kier alpha value is -1.42. The minimum absolute atomic E-state index is 0.0544. The van der Waals surface area contributed by atoms with Crippen LogP contribution in [-0.2, 0) is 0 Å². The zero-order valence-corrected chi connectivity index (χ0v) is 9.24. The minimum Gasteiger partial charge on any atom is -0.396 e. The SMILES string of the molecule is CC(CCO)CNC(=O)c1ccccc1F. The van der Waals surface area contributed by atoms with Gasteiger partial charge in [0, 0.05) is 13.2 Å². The molecule has 88 valence electrons. The lowest BCUT2D eigenvalue weighted by Gasteiger charge is -2.11. The van der Waals surface area contributed by atoms with E-state index in [9.17, 15) is 9.18 Å². The Kier molecular flexibility index (Phi) is 4.92. The number of carbonyl (C=O) groups excluding carboxylic acids is 1. The van der Waals surface area contributed by atoms with Crippen LogP contribution in [0.3, 0.4) is 0 Å². The molecule has 0 aliphatic heterocycles. The van der Waals surface area contributed by atoms with Gasteiger partial charge in [-0.2, -0.15) is 0 Å². The molecule has 0 spiro atoms. The van der Waals surface area contributed by atoms with Crippen LogP contribution in [0.2, 0.25) is 0 Å². The van der Waals surface area contributed by atoms with E-state index in [4.69, 9.17) is 5.11 Å². The molecule has 0 aliphatic rings. The number of nitrogens with one attached hydrogen (secondary N) is 1. The van der Waals surface area contributed by atoms with Gasteiger partial charge in [-0.3, -0.25) is 4.79 Å². The van der Waals surface area contributed by atoms with Gasteiger partial charge in [-0.05, 0) is 24.5 Å². The fourth-order valence-electron chi connectivity index (χ4n) is 1.33. The maximum absolute atomic E-state index is 13.2. The molecular weight excluding hydrogens is 209 g/mol. The zero-order valence-electron chi connectivity index (χ0n) is 9.24. The Labute approximate surface area is 94.3 Å². The summed E-state index contributed by atoms with van der Waals surface area (Å²) in [5.74, 6) is -0.751. The monoisotopic (exact) mass is 225 g/mol. The van der Waals surface area contributed by atoms with Crippen molar-refractivity contribution in [1.29, 1.82) is 0 Å². The normalized spacial score (nSPS) is 12.2. The van der Waals surface area contributed by atoms with Crippen LogP contribution in [0.15, 0.2) is 24.3 Å². The van der Waals surface area contributed by atoms with E-state index in [-0.39, 0.29) is 18.1 Å². The van der Waals surface area contributed by atoms with E-state index in [2.05, 4.69) is 5.32 Å². The van der Waals surface area contributed by atoms with E-state index in [0.29, 0.717) is 13.0 Å². The lowest BCUT2D eigenvalue weighted by molar-refractivity contribution is 0.0941. The molecule has 3 nitrogen and oxygen atoms in total. The van der Waals surface area contributed by atoms with Crippen LogP contribution >= 0.6 is 0 Å². The van der Waals surface area contributed by atoms with Crippen molar-refractivity contribution in [2.75, 3.05) is 13.2 Å². The van der Waals surface area contributed by atoms with Crippen LogP contribution in [0, 0.1) is 11.7 Å². The van der Waals surface area contributed by atoms with Gasteiger partial charge in [-0.15, -0.1) is 0 Å². The van der Waals surface area contributed by atoms with Crippen LogP contribution in [0.4, 0.5) is 4.39 Å². The summed E-state index contributed by atoms with van der Waals surface area (Å²) in [6, 6.07) is 5.86. The average molecular weight is 225 g/mol. The van der Waals surface area contributed by atoms with E-state index in [0.717, 1.165) is 0 Å². The molecule has 1 rings (SSSR count). The van der Waals surface area contributed by atoms with Crippen LogP contribution < -0.4 is 5.32 Å². The molecule has 16 heavy (non-hydrogen) atoms. The molecule has 1 aromatic rings. The Morgan fingerprint density at radius 1 is 1.50 bits per heavy atom. The third-order valence-corrected chi connectivity index (χ3v) is 2.35. The van der Waals surface area contributed by atoms with Crippen molar-refractivity contribution in [2.45, 2.75) is 13.3 Å². The van der Waals surface area contributed by atoms with Gasteiger partial charge >= 0.3 is 0 Å². The van der Waals surface area contributed by atoms with Gasteiger partial charge in [0.25, 0.3) is 5.91 Å². The van der Waals surface area contributed by atoms with Crippen molar-refractivity contribution in [3.8, 4) is 0 Å². The van der Waals surface area contributed by atoms with Crippen molar-refractivity contribution in [3.05, 3.63) is 35.6 Å². The van der Waals surface area contributed by atoms with Gasteiger partial charge in [-0.25, -0.2) is 4.39 Å². The second kappa shape index (κ2) is 6.23. The quantitative estimate of drug-likeness (QED) is 0.799. The Bertz CT molecular complexity index is 355. The smallest absolute Gasteiger partial charge is 0.254 e. The van der Waals surface area contributed by atoms with Gasteiger partial charge in [0.05, 0.1) is 5.56 Å². The molecule has 0 saturated heterocycles. The third kappa shape index (κ3) is 3.62. The van der Waals surface area contributed by atoms with Crippen LogP contribution in [0.5, 0.6) is 0 Å². The Morgan fingerprint density at radius 2 is 2.19 bits per heavy atom. The van der Waals surface area contributed by atoms with Crippen molar-refractivity contribution >= 4 is 5.91 Å². The number of aliphatic hydroxyl groups excluding tert-OH is 1. The third-order valence-electron chi connectivity index (χ3n) is 2.35. The summed E-state index contributed by atoms with van der Waals surface area (Å²) in [6.45, 7) is 2.45. The number of hydrogen-bond acceptors (Lipinski definition) is 2. The first-order valence-corrected chi connectivity index (χ1v) is 5.28. The molecule has 2 N–H and O–H groups in total. The maximum Gasteiger partial charge on any atom is 0.254 e. The summed E-state index contributed by atoms with van der Waals surface area (Å²) < 4.78 is 13.2. The molecule has 0 heterocycles. The van der Waals surface area contributed by atoms with Crippen LogP contribution in [0.25, 0.3) is 0 Å². The molecule has 0 bridgehead atoms. The van der Waals surface area contributed by atoms with E-state index in [1.165, 1.54) is 12.1 Å². The van der Waals surface area contributed by atoms with Gasteiger partial charge in [0.15, 0.2) is 0 Å². The maximum atomic E-state index is 13.2. The largest absolute Gasteiger partial charge is 0.396 e. The van der Waals surface area contributed by atoms with E-state index in [1.807, 2.05) is 6.92 Å². The van der Waals surface area contributed by atoms with Crippen LogP contribution in [-0.4, -0.2) is 24.2 Å². The fourth-order valence-corrected chi connectivity index (χ4v) is 1.33. The van der Waals surface area contributed by atoms with Gasteiger partial charge in [0.1, 0.15) is 5.82 Å². The predicted molar refractivity (Wildman–Crippen MR) is 59.6 cm³/mol. The average Bonchev–Trinajstić information content (AvgIpc) is 2.27. The molecule has 1 unspecified atom stereocenters. The Morgan fingerprint density at radius 3 is 2.81 bits per heavy atom. The lowest BCUT2D eigenvalue weighted by Crippen LogP contribution is -2.29. The van der Waals surface area contributed by atoms with Crippen molar-refractivity contribution in [2.24, 2.45) is 5.92 Å². The summed E-state index contributed by atoms with van der Waals surface area (Å²) in [5, 5.41) is 11.3. The summed E-state index contributed by atoms with van der Waals surface area (Å²) in [4.78, 5) is 11.6. The molecule has 1 aromatic carbocycles. The number of amides is 1. The molecular formula is C12H16FNO2. The predicted octanol–water partition coefficient (Wildman–Crippen LogP) is 1.57. The number of hydrogen-bond donors (Lipinski definition) is 2. The van der Waals surface area contributed by atoms with Gasteiger partial charge < -0.3 is 10.4 Å². The lowest BCUT2D eigenvalue weighted by atomic mass is 10.1. The second-order valence-corrected chi connectivity index (χ2v) is 3.81.